The van der Waals surface area contributed by atoms with Gasteiger partial charge < -0.3 is 34.4 Å². The molecule has 147 heavy (non-hydrogen) atoms. The number of nitrogen functional groups attached to an aromatic ring is 2. The average Bonchev–Trinajstić information content (AvgIpc) is 1.77. The van der Waals surface area contributed by atoms with Gasteiger partial charge in [-0.05, 0) is 297 Å². The highest BCUT2D eigenvalue weighted by Gasteiger charge is 2.51. The summed E-state index contributed by atoms with van der Waals surface area (Å²) in [5.74, 6) is -11.9. The van der Waals surface area contributed by atoms with Gasteiger partial charge in [-0.1, -0.05) is 171 Å². The van der Waals surface area contributed by atoms with E-state index in [1.165, 1.54) is 97.4 Å². The van der Waals surface area contributed by atoms with E-state index in [0.717, 1.165) is 103 Å². The van der Waals surface area contributed by atoms with Crippen molar-refractivity contribution in [3.05, 3.63) is 429 Å². The molecule has 43 heteroatoms. The van der Waals surface area contributed by atoms with E-state index in [4.69, 9.17) is 65.8 Å². The molecule has 18 rings (SSSR count). The molecule has 25 nitrogen and oxygen atoms in total. The molecule has 0 spiro atoms. The van der Waals surface area contributed by atoms with Crippen LogP contribution in [0.3, 0.4) is 0 Å². The van der Waals surface area contributed by atoms with Crippen LogP contribution in [-0.4, -0.2) is 86.0 Å². The molecule has 12 aromatic carbocycles. The van der Waals surface area contributed by atoms with Crippen molar-refractivity contribution in [2.45, 2.75) is 97.3 Å². The van der Waals surface area contributed by atoms with E-state index in [-0.39, 0.29) is 33.3 Å². The number of carbonyl (C=O) groups is 2. The fourth-order valence-electron chi connectivity index (χ4n) is 13.5. The highest BCUT2D eigenvalue weighted by molar-refractivity contribution is 14.1. The van der Waals surface area contributed by atoms with Crippen LogP contribution in [0.4, 0.5) is 38.3 Å². The number of urea groups is 1. The van der Waals surface area contributed by atoms with E-state index in [0.29, 0.717) is 56.5 Å². The standard InChI is InChI=1S/C23H18BrNOS.C22H11BrF5NO4S.C20H15BrN2O4S.C17H19NS.C7H6BrI.C6H5BClO2.C5H6Cl2N2O2.C3H4N2O.CO2/c1-16-13-19(24)8-10-21(16)25-22-11-9-20(14-18(22)7-12-23(25)26)27-15-17-5-3-2-4-6-17;1-10-8-12(23)3-5-14(10)29-15-6-4-13(9-11(15)2-7-16(29)30)34(31,32)33-22-20(27)18(25)17(24)19(26)21(22)28;1-13-10-15(21)3-5-18(13)23-19-6-4-17(11-14(19)2-7-20(23)24)28(25,26)12-16-8-9-27-22-16;1-2-3-9-15-12-16(10-11-17(15)18)19-13-14-7-5-4-6-8-14;1-5-4-6(8)2-3-7(5)9;8-5-2-1-3-6(4-5)10-7-9;1-5(2)3(10)8(6)4(11)9(5)7;4-3-1-2-6-5-3;2-1-3/h2-14H,15H2,1H3;2-9H,1H3;2-11H,12H2,1H3;3-12H,2,13,18H2,1H3;2-4H,1H3;1-4,9H;1-2H3;1-2H,(H2,4,5);/b;;;9-3+;;;;;. The Balaban J connectivity index is 0.000000180. The Hall–Kier alpha value is -12.3. The topological polar surface area (TPSA) is 352 Å². The third-order valence-corrected chi connectivity index (χ3v) is 30.1. The number of carbonyl (C=O) groups excluding carboxylic acids is 4. The van der Waals surface area contributed by atoms with Gasteiger partial charge in [0.1, 0.15) is 34.5 Å². The number of hydrogen-bond acceptors (Lipinski definition) is 22. The molecule has 5 N–H and O–H groups in total. The fraction of sp³-hybridized carbons (Fsp3) is 0.115. The van der Waals surface area contributed by atoms with Crippen molar-refractivity contribution >= 4 is 241 Å². The van der Waals surface area contributed by atoms with E-state index >= 15 is 0 Å². The number of nitrogens with two attached hydrogens (primary N) is 2. The maximum Gasteiger partial charge on any atom is 0.569 e. The van der Waals surface area contributed by atoms with Crippen molar-refractivity contribution in [1.82, 2.24) is 32.9 Å². The first-order valence-corrected chi connectivity index (χ1v) is 53.4. The lowest BCUT2D eigenvalue weighted by Crippen LogP contribution is -2.38. The van der Waals surface area contributed by atoms with Gasteiger partial charge in [-0.15, -0.1) is 23.5 Å². The number of rotatable bonds is 19. The second-order valence-corrected chi connectivity index (χ2v) is 43.2. The number of hydrogen-bond donors (Lipinski definition) is 3. The quantitative estimate of drug-likeness (QED) is 0.00647. The van der Waals surface area contributed by atoms with Crippen LogP contribution >= 0.6 is 145 Å². The highest BCUT2D eigenvalue weighted by Crippen LogP contribution is 2.37. The zero-order valence-electron chi connectivity index (χ0n) is 78.2. The highest BCUT2D eigenvalue weighted by atomic mass is 127. The molecule has 3 amide bonds. The van der Waals surface area contributed by atoms with Crippen molar-refractivity contribution in [2.24, 2.45) is 0 Å². The summed E-state index contributed by atoms with van der Waals surface area (Å²) in [6.07, 6.45) is 8.28. The summed E-state index contributed by atoms with van der Waals surface area (Å²) in [6, 6.07) is 82.9. The normalized spacial score (nSPS) is 11.8. The van der Waals surface area contributed by atoms with E-state index in [9.17, 15) is 62.8 Å². The minimum Gasteiger partial charge on any atom is -0.537 e. The first-order chi connectivity index (χ1) is 69.9. The Morgan fingerprint density at radius 1 is 0.517 bits per heavy atom. The van der Waals surface area contributed by atoms with E-state index in [1.54, 1.807) is 101 Å². The summed E-state index contributed by atoms with van der Waals surface area (Å²) in [7, 11) is -8.00. The number of nitrogens with zero attached hydrogens (tertiary/aromatic N) is 7. The second-order valence-electron chi connectivity index (χ2n) is 31.6. The first kappa shape index (κ1) is 117. The van der Waals surface area contributed by atoms with Gasteiger partial charge in [-0.2, -0.15) is 31.2 Å². The number of allylic oxidation sites excluding steroid dienone is 1. The Bertz CT molecular complexity index is 8080. The van der Waals surface area contributed by atoms with Gasteiger partial charge in [0.25, 0.3) is 22.6 Å². The van der Waals surface area contributed by atoms with Gasteiger partial charge in [-0.25, -0.2) is 30.8 Å². The molecule has 759 valence electrons. The van der Waals surface area contributed by atoms with Crippen molar-refractivity contribution in [1.29, 1.82) is 0 Å². The molecule has 5 aromatic heterocycles. The van der Waals surface area contributed by atoms with Gasteiger partial charge in [0, 0.05) is 118 Å². The molecule has 1 aliphatic rings. The van der Waals surface area contributed by atoms with E-state index in [2.05, 4.69) is 227 Å². The maximum absolute atomic E-state index is 13.9. The Morgan fingerprint density at radius 2 is 0.952 bits per heavy atom. The predicted octanol–water partition coefficient (Wildman–Crippen LogP) is 26.5. The number of thioether (sulfide) groups is 2. The van der Waals surface area contributed by atoms with Crippen LogP contribution < -0.4 is 37.0 Å². The molecule has 1 aliphatic heterocycles. The van der Waals surface area contributed by atoms with Gasteiger partial charge in [0.05, 0.1) is 44.2 Å². The van der Waals surface area contributed by atoms with Crippen LogP contribution in [0.25, 0.3) is 55.8 Å². The predicted molar refractivity (Wildman–Crippen MR) is 587 cm³/mol. The molecule has 0 bridgehead atoms. The van der Waals surface area contributed by atoms with Gasteiger partial charge in [0.15, 0.2) is 15.7 Å². The molecule has 0 aliphatic carbocycles. The molecule has 0 atom stereocenters. The lowest BCUT2D eigenvalue weighted by Gasteiger charge is -2.18. The van der Waals surface area contributed by atoms with Crippen molar-refractivity contribution in [3.8, 4) is 28.6 Å². The number of amides is 3. The largest absolute Gasteiger partial charge is 0.569 e. The van der Waals surface area contributed by atoms with Gasteiger partial charge in [0.2, 0.25) is 34.8 Å². The van der Waals surface area contributed by atoms with Crippen molar-refractivity contribution < 1.29 is 80.9 Å². The SMILES string of the molecule is CC/C=C/c1cc(SCc2ccccc2)ccc1N.CC1(C)C(=O)N(Cl)C(=O)N1Cl.Cc1cc(Br)ccc1-n1c(=O)ccc2cc(S(=O)(=O)Cc3ccon3)ccc21.Cc1cc(Br)ccc1-n1c(=O)ccc2cc(S(=O)(=O)Oc3c(F)c(F)c(F)c(F)c3F)ccc21.Cc1cc(Br)ccc1-n1c(=O)ccc2cc(SCc3ccccc3)ccc21.Cc1cc(Br)ccc1I.Nc1ccon1.O=C=O.O[B]Oc1cccc(Cl)c1. The number of pyridine rings is 3. The fourth-order valence-corrected chi connectivity index (χ4v) is 20.5. The summed E-state index contributed by atoms with van der Waals surface area (Å²) in [6.45, 7) is 13.0. The molecule has 1 saturated heterocycles. The summed E-state index contributed by atoms with van der Waals surface area (Å²) < 4.78 is 148. The summed E-state index contributed by atoms with van der Waals surface area (Å²) in [4.78, 5) is 78.0. The minimum atomic E-state index is -5.03. The average molecular weight is 2500 g/mol. The molecular weight excluding hydrogens is 2420 g/mol. The van der Waals surface area contributed by atoms with Crippen LogP contribution in [0.1, 0.15) is 71.8 Å². The molecular formula is C104H84BBr4Cl3F5IN9O16S4. The molecule has 0 saturated carbocycles. The van der Waals surface area contributed by atoms with Crippen LogP contribution in [0.2, 0.25) is 5.02 Å². The van der Waals surface area contributed by atoms with Crippen LogP contribution in [0, 0.1) is 60.4 Å². The Labute approximate surface area is 912 Å². The number of halogens is 13. The van der Waals surface area contributed by atoms with Gasteiger partial charge in [-0.3, -0.25) is 32.9 Å². The third kappa shape index (κ3) is 31.9. The number of benzene rings is 12. The lowest BCUT2D eigenvalue weighted by molar-refractivity contribution is -0.191. The number of anilines is 2. The third-order valence-electron chi connectivity index (χ3n) is 20.8. The van der Waals surface area contributed by atoms with Crippen molar-refractivity contribution in [3.63, 3.8) is 0 Å². The second kappa shape index (κ2) is 54.6. The first-order valence-electron chi connectivity index (χ1n) is 43.1. The number of aromatic nitrogens is 5. The maximum atomic E-state index is 13.9. The van der Waals surface area contributed by atoms with E-state index < -0.39 is 82.7 Å². The molecule has 6 heterocycles. The lowest BCUT2D eigenvalue weighted by atomic mass is 10.1. The monoisotopic (exact) mass is 2500 g/mol. The number of aryl methyl sites for hydroxylation is 4. The summed E-state index contributed by atoms with van der Waals surface area (Å²) in [5.41, 5.74) is 22.4. The van der Waals surface area contributed by atoms with Gasteiger partial charge >= 0.3 is 30.0 Å². The van der Waals surface area contributed by atoms with Crippen LogP contribution in [0.5, 0.6) is 11.5 Å². The Morgan fingerprint density at radius 3 is 1.35 bits per heavy atom. The smallest absolute Gasteiger partial charge is 0.537 e. The molecule has 0 unspecified atom stereocenters. The van der Waals surface area contributed by atoms with Crippen molar-refractivity contribution in [2.75, 3.05) is 11.5 Å². The summed E-state index contributed by atoms with van der Waals surface area (Å²) in [5, 5.41) is 17.7. The zero-order valence-corrected chi connectivity index (χ0v) is 92.2. The molecule has 1 radical (unpaired) electrons. The number of sulfone groups is 1. The zero-order chi connectivity index (χ0) is 107. The van der Waals surface area contributed by atoms with Crippen LogP contribution in [-0.2, 0) is 51.6 Å². The van der Waals surface area contributed by atoms with Crippen LogP contribution in [0.15, 0.2) is 359 Å². The minimum absolute atomic E-state index is 0.0161. The molecule has 17 aromatic rings. The number of fused-ring (bicyclic) bond motifs is 3. The number of imide groups is 1. The summed E-state index contributed by atoms with van der Waals surface area (Å²) >= 11 is 36.0. The van der Waals surface area contributed by atoms with E-state index in [1.807, 2.05) is 92.3 Å². The Kier molecular flexibility index (Phi) is 43.3. The molecule has 1 fully saturated rings.